The van der Waals surface area contributed by atoms with Crippen molar-refractivity contribution in [2.75, 3.05) is 7.11 Å². The van der Waals surface area contributed by atoms with E-state index in [-0.39, 0.29) is 35.4 Å². The number of ether oxygens (including phenoxy) is 1. The first-order valence-corrected chi connectivity index (χ1v) is 7.54. The van der Waals surface area contributed by atoms with Gasteiger partial charge >= 0.3 is 0 Å². The summed E-state index contributed by atoms with van der Waals surface area (Å²) >= 11 is 0. The highest BCUT2D eigenvalue weighted by Crippen LogP contribution is 2.48. The Bertz CT molecular complexity index is 380. The molecule has 3 rings (SSSR count). The molecule has 108 valence electrons. The predicted octanol–water partition coefficient (Wildman–Crippen LogP) is 1.29. The summed E-state index contributed by atoms with van der Waals surface area (Å²) in [7, 11) is 1.75. The highest BCUT2D eigenvalue weighted by molar-refractivity contribution is 5.81. The summed E-state index contributed by atoms with van der Waals surface area (Å²) in [6.45, 7) is 4.33. The SMILES string of the molecule is COC1CC(NC(=O)C2C3CCC(C3)C2N)C1(C)C. The van der Waals surface area contributed by atoms with Crippen LogP contribution < -0.4 is 11.1 Å². The number of fused-ring (bicyclic) bond motifs is 2. The van der Waals surface area contributed by atoms with Gasteiger partial charge in [0.25, 0.3) is 0 Å². The lowest BCUT2D eigenvalue weighted by molar-refractivity contribution is -0.138. The summed E-state index contributed by atoms with van der Waals surface area (Å²) in [5.41, 5.74) is 6.27. The number of amides is 1. The summed E-state index contributed by atoms with van der Waals surface area (Å²) in [6.07, 6.45) is 4.74. The van der Waals surface area contributed by atoms with Crippen molar-refractivity contribution in [2.45, 2.75) is 57.7 Å². The molecule has 0 saturated heterocycles. The van der Waals surface area contributed by atoms with Gasteiger partial charge in [0.05, 0.1) is 12.0 Å². The molecule has 3 saturated carbocycles. The number of nitrogens with one attached hydrogen (secondary N) is 1. The van der Waals surface area contributed by atoms with Gasteiger partial charge in [0.2, 0.25) is 5.91 Å². The molecule has 0 aromatic rings. The minimum atomic E-state index is 0.0339. The Hall–Kier alpha value is -0.610. The molecule has 2 bridgehead atoms. The van der Waals surface area contributed by atoms with Gasteiger partial charge < -0.3 is 15.8 Å². The van der Waals surface area contributed by atoms with E-state index < -0.39 is 0 Å². The van der Waals surface area contributed by atoms with E-state index in [4.69, 9.17) is 10.5 Å². The molecular weight excluding hydrogens is 240 g/mol. The van der Waals surface area contributed by atoms with Crippen molar-refractivity contribution in [3.8, 4) is 0 Å². The zero-order valence-electron chi connectivity index (χ0n) is 12.2. The fourth-order valence-electron chi connectivity index (χ4n) is 4.52. The molecule has 0 aromatic heterocycles. The van der Waals surface area contributed by atoms with Crippen LogP contribution in [0.1, 0.15) is 39.5 Å². The molecule has 4 nitrogen and oxygen atoms in total. The highest BCUT2D eigenvalue weighted by Gasteiger charge is 2.53. The Kier molecular flexibility index (Phi) is 3.13. The Labute approximate surface area is 115 Å². The summed E-state index contributed by atoms with van der Waals surface area (Å²) < 4.78 is 5.43. The van der Waals surface area contributed by atoms with Crippen LogP contribution in [-0.2, 0) is 9.53 Å². The zero-order valence-corrected chi connectivity index (χ0v) is 12.2. The van der Waals surface area contributed by atoms with Crippen molar-refractivity contribution in [3.63, 3.8) is 0 Å². The third kappa shape index (κ3) is 1.91. The lowest BCUT2D eigenvalue weighted by atomic mass is 9.64. The van der Waals surface area contributed by atoms with E-state index in [0.717, 1.165) is 12.8 Å². The normalized spacial score (nSPS) is 46.9. The van der Waals surface area contributed by atoms with E-state index in [1.807, 2.05) is 0 Å². The van der Waals surface area contributed by atoms with Gasteiger partial charge in [-0.3, -0.25) is 4.79 Å². The van der Waals surface area contributed by atoms with Crippen LogP contribution in [0.3, 0.4) is 0 Å². The Morgan fingerprint density at radius 3 is 2.47 bits per heavy atom. The van der Waals surface area contributed by atoms with Crippen molar-refractivity contribution >= 4 is 5.91 Å². The second-order valence-corrected chi connectivity index (χ2v) is 7.28. The first-order chi connectivity index (χ1) is 8.95. The number of rotatable bonds is 3. The lowest BCUT2D eigenvalue weighted by Crippen LogP contribution is -2.63. The van der Waals surface area contributed by atoms with Crippen molar-refractivity contribution < 1.29 is 9.53 Å². The molecule has 3 aliphatic rings. The van der Waals surface area contributed by atoms with Gasteiger partial charge in [0, 0.05) is 24.6 Å². The summed E-state index contributed by atoms with van der Waals surface area (Å²) in [5, 5.41) is 3.23. The van der Waals surface area contributed by atoms with E-state index in [2.05, 4.69) is 19.2 Å². The standard InChI is InChI=1S/C15H26N2O2/c1-15(2)10(7-11(15)19-3)17-14(18)12-8-4-5-9(6-8)13(12)16/h8-13H,4-7,16H2,1-3H3,(H,17,18). The Morgan fingerprint density at radius 1 is 1.26 bits per heavy atom. The number of carbonyl (C=O) groups is 1. The first kappa shape index (κ1) is 13.4. The summed E-state index contributed by atoms with van der Waals surface area (Å²) in [5.74, 6) is 1.35. The Balaban J connectivity index is 1.61. The largest absolute Gasteiger partial charge is 0.381 e. The van der Waals surface area contributed by atoms with Crippen LogP contribution in [0.25, 0.3) is 0 Å². The molecule has 3 aliphatic carbocycles. The minimum absolute atomic E-state index is 0.0339. The van der Waals surface area contributed by atoms with Gasteiger partial charge in [0.1, 0.15) is 0 Å². The third-order valence-electron chi connectivity index (χ3n) is 6.06. The molecular formula is C15H26N2O2. The Morgan fingerprint density at radius 2 is 1.95 bits per heavy atom. The molecule has 4 heteroatoms. The van der Waals surface area contributed by atoms with Crippen LogP contribution in [0.4, 0.5) is 0 Å². The third-order valence-corrected chi connectivity index (χ3v) is 6.06. The molecule has 0 heterocycles. The van der Waals surface area contributed by atoms with E-state index in [9.17, 15) is 4.79 Å². The van der Waals surface area contributed by atoms with E-state index >= 15 is 0 Å². The average Bonchev–Trinajstić information content (AvgIpc) is 2.94. The van der Waals surface area contributed by atoms with Crippen molar-refractivity contribution in [2.24, 2.45) is 28.9 Å². The van der Waals surface area contributed by atoms with E-state index in [1.54, 1.807) is 7.11 Å². The molecule has 6 atom stereocenters. The maximum Gasteiger partial charge on any atom is 0.225 e. The van der Waals surface area contributed by atoms with Gasteiger partial charge in [-0.2, -0.15) is 0 Å². The number of carbonyl (C=O) groups excluding carboxylic acids is 1. The summed E-state index contributed by atoms with van der Waals surface area (Å²) in [4.78, 5) is 12.5. The monoisotopic (exact) mass is 266 g/mol. The maximum atomic E-state index is 12.5. The van der Waals surface area contributed by atoms with Gasteiger partial charge in [-0.1, -0.05) is 13.8 Å². The fourth-order valence-corrected chi connectivity index (χ4v) is 4.52. The molecule has 1 amide bonds. The quantitative estimate of drug-likeness (QED) is 0.809. The summed E-state index contributed by atoms with van der Waals surface area (Å²) in [6, 6.07) is 0.316. The van der Waals surface area contributed by atoms with Crippen molar-refractivity contribution in [3.05, 3.63) is 0 Å². The average molecular weight is 266 g/mol. The molecule has 0 radical (unpaired) electrons. The van der Waals surface area contributed by atoms with Crippen LogP contribution in [0, 0.1) is 23.2 Å². The topological polar surface area (TPSA) is 64.3 Å². The molecule has 0 aromatic carbocycles. The molecule has 0 spiro atoms. The van der Waals surface area contributed by atoms with Gasteiger partial charge in [0.15, 0.2) is 0 Å². The number of hydrogen-bond acceptors (Lipinski definition) is 3. The van der Waals surface area contributed by atoms with Crippen molar-refractivity contribution in [1.82, 2.24) is 5.32 Å². The van der Waals surface area contributed by atoms with Crippen LogP contribution in [0.2, 0.25) is 0 Å². The number of hydrogen-bond donors (Lipinski definition) is 2. The molecule has 19 heavy (non-hydrogen) atoms. The second-order valence-electron chi connectivity index (χ2n) is 7.28. The molecule has 3 fully saturated rings. The van der Waals surface area contributed by atoms with Crippen LogP contribution >= 0.6 is 0 Å². The van der Waals surface area contributed by atoms with Gasteiger partial charge in [-0.05, 0) is 37.5 Å². The van der Waals surface area contributed by atoms with E-state index in [0.29, 0.717) is 11.8 Å². The molecule has 6 unspecified atom stereocenters. The molecule has 0 aliphatic heterocycles. The smallest absolute Gasteiger partial charge is 0.225 e. The van der Waals surface area contributed by atoms with Crippen LogP contribution in [0.15, 0.2) is 0 Å². The van der Waals surface area contributed by atoms with Gasteiger partial charge in [-0.25, -0.2) is 0 Å². The molecule has 3 N–H and O–H groups in total. The van der Waals surface area contributed by atoms with Gasteiger partial charge in [-0.15, -0.1) is 0 Å². The minimum Gasteiger partial charge on any atom is -0.381 e. The maximum absolute atomic E-state index is 12.5. The van der Waals surface area contributed by atoms with Crippen molar-refractivity contribution in [1.29, 1.82) is 0 Å². The number of nitrogens with two attached hydrogens (primary N) is 1. The predicted molar refractivity (Wildman–Crippen MR) is 73.4 cm³/mol. The number of methoxy groups -OCH3 is 1. The first-order valence-electron chi connectivity index (χ1n) is 7.54. The second kappa shape index (κ2) is 4.45. The highest BCUT2D eigenvalue weighted by atomic mass is 16.5. The van der Waals surface area contributed by atoms with Crippen LogP contribution in [0.5, 0.6) is 0 Å². The van der Waals surface area contributed by atoms with Crippen LogP contribution in [-0.4, -0.2) is 31.2 Å². The zero-order chi connectivity index (χ0) is 13.8. The fraction of sp³-hybridized carbons (Fsp3) is 0.933. The lowest BCUT2D eigenvalue weighted by Gasteiger charge is -2.51. The van der Waals surface area contributed by atoms with E-state index in [1.165, 1.54) is 12.8 Å².